The molecule has 2 aliphatic rings. The Bertz CT molecular complexity index is 440. The molecule has 0 aromatic rings. The van der Waals surface area contributed by atoms with Crippen molar-refractivity contribution in [3.63, 3.8) is 0 Å². The second-order valence-electron chi connectivity index (χ2n) is 5.69. The van der Waals surface area contributed by atoms with Gasteiger partial charge in [-0.1, -0.05) is 0 Å². The van der Waals surface area contributed by atoms with E-state index in [1.54, 1.807) is 0 Å². The lowest BCUT2D eigenvalue weighted by Gasteiger charge is -2.35. The Hall–Kier alpha value is -0.700. The molecule has 0 aromatic heterocycles. The van der Waals surface area contributed by atoms with Crippen LogP contribution in [0.4, 0.5) is 0 Å². The fourth-order valence-electron chi connectivity index (χ4n) is 2.73. The fourth-order valence-corrected chi connectivity index (χ4v) is 3.24. The minimum Gasteiger partial charge on any atom is -0.368 e. The minimum atomic E-state index is -3.09. The molecule has 0 radical (unpaired) electrons. The van der Waals surface area contributed by atoms with Crippen molar-refractivity contribution in [2.24, 2.45) is 0 Å². The highest BCUT2D eigenvalue weighted by Gasteiger charge is 2.30. The van der Waals surface area contributed by atoms with Crippen LogP contribution in [0, 0.1) is 0 Å². The molecular weight excluding hydrogens is 294 g/mol. The Morgan fingerprint density at radius 1 is 1.29 bits per heavy atom. The van der Waals surface area contributed by atoms with Crippen LogP contribution in [0.3, 0.4) is 0 Å². The maximum absolute atomic E-state index is 12.2. The van der Waals surface area contributed by atoms with Crippen LogP contribution in [0.2, 0.25) is 0 Å². The van der Waals surface area contributed by atoms with Gasteiger partial charge in [0.2, 0.25) is 10.0 Å². The fraction of sp³-hybridized carbons (Fsp3) is 0.923. The van der Waals surface area contributed by atoms with Crippen LogP contribution >= 0.6 is 0 Å². The van der Waals surface area contributed by atoms with E-state index in [1.807, 2.05) is 4.90 Å². The van der Waals surface area contributed by atoms with E-state index < -0.39 is 10.0 Å². The molecule has 1 unspecified atom stereocenters. The van der Waals surface area contributed by atoms with Gasteiger partial charge >= 0.3 is 0 Å². The number of ether oxygens (including phenoxy) is 1. The molecule has 1 N–H and O–H groups in total. The summed E-state index contributed by atoms with van der Waals surface area (Å²) in [4.78, 5) is 16.3. The number of carbonyl (C=O) groups excluding carboxylic acids is 1. The lowest BCUT2D eigenvalue weighted by molar-refractivity contribution is -0.142. The van der Waals surface area contributed by atoms with Gasteiger partial charge in [-0.15, -0.1) is 0 Å². The topological polar surface area (TPSA) is 79.0 Å². The molecule has 2 fully saturated rings. The first-order chi connectivity index (χ1) is 9.96. The van der Waals surface area contributed by atoms with E-state index in [0.29, 0.717) is 13.2 Å². The van der Waals surface area contributed by atoms with Crippen molar-refractivity contribution in [3.8, 4) is 0 Å². The molecule has 0 aromatic carbocycles. The van der Waals surface area contributed by atoms with Crippen molar-refractivity contribution < 1.29 is 17.9 Å². The molecule has 2 aliphatic heterocycles. The monoisotopic (exact) mass is 319 g/mol. The molecule has 2 saturated heterocycles. The van der Waals surface area contributed by atoms with Gasteiger partial charge in [0.15, 0.2) is 0 Å². The minimum absolute atomic E-state index is 0.130. The van der Waals surface area contributed by atoms with Gasteiger partial charge in [0.05, 0.1) is 6.26 Å². The van der Waals surface area contributed by atoms with Crippen molar-refractivity contribution in [2.45, 2.75) is 25.4 Å². The van der Waals surface area contributed by atoms with E-state index in [1.165, 1.54) is 6.26 Å². The average molecular weight is 319 g/mol. The van der Waals surface area contributed by atoms with Gasteiger partial charge in [0.1, 0.15) is 6.10 Å². The van der Waals surface area contributed by atoms with Gasteiger partial charge in [0, 0.05) is 39.3 Å². The highest BCUT2D eigenvalue weighted by atomic mass is 32.2. The molecule has 2 rings (SSSR count). The number of sulfonamides is 1. The zero-order valence-corrected chi connectivity index (χ0v) is 13.4. The second kappa shape index (κ2) is 7.53. The predicted octanol–water partition coefficient (Wildman–Crippen LogP) is -0.751. The molecule has 2 heterocycles. The summed E-state index contributed by atoms with van der Waals surface area (Å²) in [5.41, 5.74) is 0. The molecule has 1 atom stereocenters. The summed E-state index contributed by atoms with van der Waals surface area (Å²) < 4.78 is 29.8. The highest BCUT2D eigenvalue weighted by Crippen LogP contribution is 2.15. The van der Waals surface area contributed by atoms with Crippen LogP contribution in [0.15, 0.2) is 0 Å². The van der Waals surface area contributed by atoms with Gasteiger partial charge in [-0.2, -0.15) is 0 Å². The molecule has 122 valence electrons. The van der Waals surface area contributed by atoms with Gasteiger partial charge in [-0.25, -0.2) is 13.1 Å². The predicted molar refractivity (Wildman–Crippen MR) is 79.5 cm³/mol. The van der Waals surface area contributed by atoms with Crippen molar-refractivity contribution in [1.29, 1.82) is 0 Å². The van der Waals surface area contributed by atoms with E-state index in [-0.39, 0.29) is 12.0 Å². The van der Waals surface area contributed by atoms with Crippen LogP contribution in [0.1, 0.15) is 19.3 Å². The molecule has 1 amide bonds. The third-order valence-corrected chi connectivity index (χ3v) is 4.63. The Labute approximate surface area is 126 Å². The number of rotatable bonds is 6. The van der Waals surface area contributed by atoms with Crippen molar-refractivity contribution in [3.05, 3.63) is 0 Å². The SMILES string of the molecule is CS(=O)(=O)NCCCN1CCN(C(=O)C2CCCO2)CC1. The van der Waals surface area contributed by atoms with Crippen LogP contribution in [-0.4, -0.2) is 82.4 Å². The summed E-state index contributed by atoms with van der Waals surface area (Å²) in [6, 6.07) is 0. The van der Waals surface area contributed by atoms with Crippen LogP contribution in [-0.2, 0) is 19.6 Å². The van der Waals surface area contributed by atoms with Gasteiger partial charge in [0.25, 0.3) is 5.91 Å². The van der Waals surface area contributed by atoms with Crippen LogP contribution in [0.5, 0.6) is 0 Å². The Kier molecular flexibility index (Phi) is 5.98. The largest absolute Gasteiger partial charge is 0.368 e. The first kappa shape index (κ1) is 16.7. The first-order valence-corrected chi connectivity index (χ1v) is 9.42. The van der Waals surface area contributed by atoms with Gasteiger partial charge in [-0.3, -0.25) is 9.69 Å². The Morgan fingerprint density at radius 3 is 2.57 bits per heavy atom. The maximum atomic E-state index is 12.2. The highest BCUT2D eigenvalue weighted by molar-refractivity contribution is 7.88. The summed E-state index contributed by atoms with van der Waals surface area (Å²) in [5, 5.41) is 0. The zero-order valence-electron chi connectivity index (χ0n) is 12.6. The molecule has 8 heteroatoms. The van der Waals surface area contributed by atoms with Crippen molar-refractivity contribution in [2.75, 3.05) is 52.1 Å². The Morgan fingerprint density at radius 2 is 2.00 bits per heavy atom. The van der Waals surface area contributed by atoms with Gasteiger partial charge < -0.3 is 9.64 Å². The third kappa shape index (κ3) is 5.54. The summed E-state index contributed by atoms with van der Waals surface area (Å²) in [6.07, 6.45) is 3.55. The number of nitrogens with one attached hydrogen (secondary N) is 1. The summed E-state index contributed by atoms with van der Waals surface area (Å²) in [6.45, 7) is 5.17. The molecule has 0 bridgehead atoms. The third-order valence-electron chi connectivity index (χ3n) is 3.90. The second-order valence-corrected chi connectivity index (χ2v) is 7.52. The van der Waals surface area contributed by atoms with Crippen molar-refractivity contribution in [1.82, 2.24) is 14.5 Å². The van der Waals surface area contributed by atoms with Crippen LogP contribution in [0.25, 0.3) is 0 Å². The molecule has 21 heavy (non-hydrogen) atoms. The number of nitrogens with zero attached hydrogens (tertiary/aromatic N) is 2. The molecule has 0 aliphatic carbocycles. The molecular formula is C13H25N3O4S. The van der Waals surface area contributed by atoms with E-state index >= 15 is 0 Å². The summed E-state index contributed by atoms with van der Waals surface area (Å²) in [5.74, 6) is 0.130. The number of hydrogen-bond acceptors (Lipinski definition) is 5. The van der Waals surface area contributed by atoms with Crippen LogP contribution < -0.4 is 4.72 Å². The molecule has 0 saturated carbocycles. The number of carbonyl (C=O) groups is 1. The quantitative estimate of drug-likeness (QED) is 0.652. The summed E-state index contributed by atoms with van der Waals surface area (Å²) in [7, 11) is -3.09. The van der Waals surface area contributed by atoms with E-state index in [4.69, 9.17) is 4.74 Å². The lowest BCUT2D eigenvalue weighted by Crippen LogP contribution is -2.51. The number of amides is 1. The Balaban J connectivity index is 1.62. The maximum Gasteiger partial charge on any atom is 0.251 e. The number of hydrogen-bond donors (Lipinski definition) is 1. The van der Waals surface area contributed by atoms with Gasteiger partial charge in [-0.05, 0) is 25.8 Å². The average Bonchev–Trinajstić information content (AvgIpc) is 2.96. The normalized spacial score (nSPS) is 24.4. The van der Waals surface area contributed by atoms with Crippen molar-refractivity contribution >= 4 is 15.9 Å². The smallest absolute Gasteiger partial charge is 0.251 e. The van der Waals surface area contributed by atoms with E-state index in [2.05, 4.69) is 9.62 Å². The van der Waals surface area contributed by atoms with E-state index in [9.17, 15) is 13.2 Å². The lowest BCUT2D eigenvalue weighted by atomic mass is 10.2. The van der Waals surface area contributed by atoms with E-state index in [0.717, 1.165) is 52.0 Å². The summed E-state index contributed by atoms with van der Waals surface area (Å²) >= 11 is 0. The molecule has 7 nitrogen and oxygen atoms in total. The molecule has 0 spiro atoms. The first-order valence-electron chi connectivity index (χ1n) is 7.53. The zero-order chi connectivity index (χ0) is 15.3. The standard InChI is InChI=1S/C13H25N3O4S/c1-21(18,19)14-5-3-6-15-7-9-16(10-8-15)13(17)12-4-2-11-20-12/h12,14H,2-11H2,1H3. The number of piperazine rings is 1.